The van der Waals surface area contributed by atoms with Crippen molar-refractivity contribution in [2.45, 2.75) is 25.3 Å². The Balaban J connectivity index is 2.18. The van der Waals surface area contributed by atoms with Gasteiger partial charge in [-0.25, -0.2) is 8.42 Å². The summed E-state index contributed by atoms with van der Waals surface area (Å²) in [7, 11) is -3.41. The summed E-state index contributed by atoms with van der Waals surface area (Å²) in [5.74, 6) is -0.371. The second-order valence-electron chi connectivity index (χ2n) is 5.00. The third kappa shape index (κ3) is 4.10. The average Bonchev–Trinajstić information content (AvgIpc) is 2.41. The molecule has 1 heterocycles. The van der Waals surface area contributed by atoms with E-state index in [4.69, 9.17) is 23.2 Å². The first-order valence-corrected chi connectivity index (χ1v) is 9.12. The molecular formula is C13H16Cl2N2O3S. The Hall–Kier alpha value is -0.820. The number of sulfonamides is 1. The topological polar surface area (TPSA) is 66.5 Å². The first-order chi connectivity index (χ1) is 9.79. The molecule has 1 fully saturated rings. The first-order valence-electron chi connectivity index (χ1n) is 6.52. The number of amides is 1. The third-order valence-electron chi connectivity index (χ3n) is 3.37. The van der Waals surface area contributed by atoms with E-state index in [1.807, 2.05) is 0 Å². The molecule has 116 valence electrons. The number of nitrogens with one attached hydrogen (secondary N) is 1. The normalized spacial score (nSPS) is 20.2. The van der Waals surface area contributed by atoms with Crippen LogP contribution < -0.4 is 5.32 Å². The lowest BCUT2D eigenvalue weighted by atomic mass is 10.0. The summed E-state index contributed by atoms with van der Waals surface area (Å²) in [6.45, 7) is 0.366. The van der Waals surface area contributed by atoms with E-state index in [0.29, 0.717) is 28.7 Å². The van der Waals surface area contributed by atoms with Gasteiger partial charge in [0.15, 0.2) is 0 Å². The highest BCUT2D eigenvalue weighted by atomic mass is 35.5. The Kier molecular flexibility index (Phi) is 5.14. The van der Waals surface area contributed by atoms with E-state index in [1.165, 1.54) is 10.4 Å². The number of rotatable bonds is 3. The molecule has 1 N–H and O–H groups in total. The zero-order chi connectivity index (χ0) is 15.6. The number of halogens is 2. The summed E-state index contributed by atoms with van der Waals surface area (Å²) in [5, 5.41) is 3.46. The molecule has 2 rings (SSSR count). The lowest BCUT2D eigenvalue weighted by molar-refractivity contribution is -0.120. The number of carbonyl (C=O) groups is 1. The maximum Gasteiger partial charge on any atom is 0.242 e. The van der Waals surface area contributed by atoms with Crippen LogP contribution in [-0.2, 0) is 14.8 Å². The fourth-order valence-electron chi connectivity index (χ4n) is 2.37. The van der Waals surface area contributed by atoms with Gasteiger partial charge in [0.25, 0.3) is 0 Å². The van der Waals surface area contributed by atoms with Crippen LogP contribution in [0.4, 0.5) is 5.69 Å². The molecule has 5 nitrogen and oxygen atoms in total. The monoisotopic (exact) mass is 350 g/mol. The maximum absolute atomic E-state index is 12.4. The number of hydrogen-bond acceptors (Lipinski definition) is 3. The fourth-order valence-corrected chi connectivity index (χ4v) is 3.95. The predicted octanol–water partition coefficient (Wildman–Crippen LogP) is 2.75. The van der Waals surface area contributed by atoms with E-state index in [0.717, 1.165) is 19.1 Å². The number of nitrogens with zero attached hydrogens (tertiary/aromatic N) is 1. The van der Waals surface area contributed by atoms with Crippen molar-refractivity contribution in [3.63, 3.8) is 0 Å². The number of anilines is 1. The highest BCUT2D eigenvalue weighted by Crippen LogP contribution is 2.27. The highest BCUT2D eigenvalue weighted by Gasteiger charge is 2.34. The van der Waals surface area contributed by atoms with Crippen LogP contribution in [0.1, 0.15) is 19.3 Å². The van der Waals surface area contributed by atoms with Gasteiger partial charge in [0.05, 0.1) is 17.0 Å². The minimum absolute atomic E-state index is 0.317. The zero-order valence-electron chi connectivity index (χ0n) is 11.5. The van der Waals surface area contributed by atoms with E-state index < -0.39 is 16.1 Å². The van der Waals surface area contributed by atoms with Crippen molar-refractivity contribution in [2.24, 2.45) is 0 Å². The van der Waals surface area contributed by atoms with Crippen molar-refractivity contribution in [3.8, 4) is 0 Å². The molecule has 8 heteroatoms. The molecule has 0 saturated carbocycles. The molecule has 21 heavy (non-hydrogen) atoms. The van der Waals surface area contributed by atoms with Gasteiger partial charge in [0.1, 0.15) is 6.04 Å². The molecular weight excluding hydrogens is 335 g/mol. The van der Waals surface area contributed by atoms with E-state index in [2.05, 4.69) is 5.32 Å². The van der Waals surface area contributed by atoms with Crippen molar-refractivity contribution in [1.82, 2.24) is 4.31 Å². The molecule has 1 unspecified atom stereocenters. The Morgan fingerprint density at radius 3 is 2.67 bits per heavy atom. The van der Waals surface area contributed by atoms with Gasteiger partial charge in [-0.1, -0.05) is 29.6 Å². The number of piperidine rings is 1. The van der Waals surface area contributed by atoms with Crippen LogP contribution in [0.25, 0.3) is 0 Å². The average molecular weight is 351 g/mol. The van der Waals surface area contributed by atoms with E-state index >= 15 is 0 Å². The minimum Gasteiger partial charge on any atom is -0.323 e. The number of carbonyl (C=O) groups excluding carboxylic acids is 1. The van der Waals surface area contributed by atoms with Crippen molar-refractivity contribution >= 4 is 44.8 Å². The lowest BCUT2D eigenvalue weighted by Crippen LogP contribution is -2.49. The van der Waals surface area contributed by atoms with Gasteiger partial charge >= 0.3 is 0 Å². The number of hydrogen-bond donors (Lipinski definition) is 1. The summed E-state index contributed by atoms with van der Waals surface area (Å²) in [6.07, 6.45) is 3.20. The van der Waals surface area contributed by atoms with Gasteiger partial charge < -0.3 is 5.32 Å². The largest absolute Gasteiger partial charge is 0.323 e. The smallest absolute Gasteiger partial charge is 0.242 e. The van der Waals surface area contributed by atoms with Gasteiger partial charge in [0.2, 0.25) is 15.9 Å². The highest BCUT2D eigenvalue weighted by molar-refractivity contribution is 7.88. The quantitative estimate of drug-likeness (QED) is 0.911. The standard InChI is InChI=1S/C13H16Cl2N2O3S/c1-21(19,20)17-7-3-2-4-12(17)13(18)16-11-6-5-9(14)8-10(11)15/h5-6,8,12H,2-4,7H2,1H3,(H,16,18). The Morgan fingerprint density at radius 2 is 2.05 bits per heavy atom. The van der Waals surface area contributed by atoms with Gasteiger partial charge in [0, 0.05) is 11.6 Å². The molecule has 1 aromatic carbocycles. The van der Waals surface area contributed by atoms with E-state index in [-0.39, 0.29) is 5.91 Å². The third-order valence-corrected chi connectivity index (χ3v) is 5.21. The van der Waals surface area contributed by atoms with Crippen LogP contribution >= 0.6 is 23.2 Å². The minimum atomic E-state index is -3.41. The first kappa shape index (κ1) is 16.5. The summed E-state index contributed by atoms with van der Waals surface area (Å²) < 4.78 is 24.8. The molecule has 0 aliphatic carbocycles. The van der Waals surface area contributed by atoms with Gasteiger partial charge in [-0.2, -0.15) is 4.31 Å². The van der Waals surface area contributed by atoms with Gasteiger partial charge in [-0.15, -0.1) is 0 Å². The molecule has 1 amide bonds. The summed E-state index contributed by atoms with van der Waals surface area (Å²) in [5.41, 5.74) is 0.421. The molecule has 1 aromatic rings. The van der Waals surface area contributed by atoms with Crippen molar-refractivity contribution < 1.29 is 13.2 Å². The van der Waals surface area contributed by atoms with Crippen molar-refractivity contribution in [3.05, 3.63) is 28.2 Å². The Labute approximate surface area is 134 Å². The van der Waals surface area contributed by atoms with Crippen molar-refractivity contribution in [1.29, 1.82) is 0 Å². The number of benzene rings is 1. The molecule has 1 aliphatic rings. The fraction of sp³-hybridized carbons (Fsp3) is 0.462. The summed E-state index contributed by atoms with van der Waals surface area (Å²) in [6, 6.07) is 4.03. The van der Waals surface area contributed by atoms with Crippen LogP contribution in [0.2, 0.25) is 10.0 Å². The zero-order valence-corrected chi connectivity index (χ0v) is 13.8. The predicted molar refractivity (Wildman–Crippen MR) is 84.3 cm³/mol. The molecule has 0 radical (unpaired) electrons. The molecule has 1 saturated heterocycles. The molecule has 1 aliphatic heterocycles. The van der Waals surface area contributed by atoms with E-state index in [1.54, 1.807) is 12.1 Å². The van der Waals surface area contributed by atoms with Crippen molar-refractivity contribution in [2.75, 3.05) is 18.1 Å². The molecule has 0 spiro atoms. The Morgan fingerprint density at radius 1 is 1.33 bits per heavy atom. The van der Waals surface area contributed by atoms with Crippen LogP contribution in [0, 0.1) is 0 Å². The Bertz CT molecular complexity index is 649. The van der Waals surface area contributed by atoms with Crippen LogP contribution in [-0.4, -0.2) is 37.5 Å². The second-order valence-corrected chi connectivity index (χ2v) is 7.78. The molecule has 0 bridgehead atoms. The summed E-state index contributed by atoms with van der Waals surface area (Å²) >= 11 is 11.8. The van der Waals surface area contributed by atoms with E-state index in [9.17, 15) is 13.2 Å². The summed E-state index contributed by atoms with van der Waals surface area (Å²) in [4.78, 5) is 12.4. The molecule has 0 aromatic heterocycles. The van der Waals surface area contributed by atoms with Crippen LogP contribution in [0.3, 0.4) is 0 Å². The van der Waals surface area contributed by atoms with Gasteiger partial charge in [-0.3, -0.25) is 4.79 Å². The van der Waals surface area contributed by atoms with Crippen LogP contribution in [0.5, 0.6) is 0 Å². The van der Waals surface area contributed by atoms with Gasteiger partial charge in [-0.05, 0) is 31.0 Å². The SMILES string of the molecule is CS(=O)(=O)N1CCCCC1C(=O)Nc1ccc(Cl)cc1Cl. The lowest BCUT2D eigenvalue weighted by Gasteiger charge is -2.32. The van der Waals surface area contributed by atoms with Crippen LogP contribution in [0.15, 0.2) is 18.2 Å². The maximum atomic E-state index is 12.4. The second kappa shape index (κ2) is 6.52. The molecule has 1 atom stereocenters.